The number of ether oxygens (including phenoxy) is 1. The van der Waals surface area contributed by atoms with Gasteiger partial charge in [-0.25, -0.2) is 4.79 Å². The minimum absolute atomic E-state index is 0.0593. The highest BCUT2D eigenvalue weighted by molar-refractivity contribution is 5.75. The van der Waals surface area contributed by atoms with Crippen LogP contribution in [0.25, 0.3) is 0 Å². The van der Waals surface area contributed by atoms with Gasteiger partial charge in [-0.3, -0.25) is 0 Å². The van der Waals surface area contributed by atoms with Gasteiger partial charge in [0.05, 0.1) is 6.61 Å². The summed E-state index contributed by atoms with van der Waals surface area (Å²) in [5, 5.41) is 30.9. The SMILES string of the molecule is COCCN(C(=O)NC1CC(C)(C)N([O])C(C)(C)C1)C1CC(C)(C)N([O])C(C)(C)C1. The lowest BCUT2D eigenvalue weighted by atomic mass is 9.78. The van der Waals surface area contributed by atoms with Crippen LogP contribution in [0.15, 0.2) is 0 Å². The lowest BCUT2D eigenvalue weighted by molar-refractivity contribution is -0.293. The molecule has 2 fully saturated rings. The number of carbonyl (C=O) groups is 1. The highest BCUT2D eigenvalue weighted by Crippen LogP contribution is 2.40. The van der Waals surface area contributed by atoms with Crippen molar-refractivity contribution in [1.82, 2.24) is 20.3 Å². The Balaban J connectivity index is 2.20. The van der Waals surface area contributed by atoms with Gasteiger partial charge >= 0.3 is 6.03 Å². The molecule has 2 rings (SSSR count). The van der Waals surface area contributed by atoms with E-state index in [1.165, 1.54) is 10.1 Å². The van der Waals surface area contributed by atoms with E-state index in [4.69, 9.17) is 4.74 Å². The van der Waals surface area contributed by atoms with E-state index >= 15 is 0 Å². The van der Waals surface area contributed by atoms with Gasteiger partial charge in [-0.05, 0) is 81.1 Å². The Morgan fingerprint density at radius 1 is 0.867 bits per heavy atom. The zero-order valence-electron chi connectivity index (χ0n) is 20.4. The van der Waals surface area contributed by atoms with Crippen LogP contribution < -0.4 is 5.32 Å². The largest absolute Gasteiger partial charge is 0.383 e. The van der Waals surface area contributed by atoms with Crippen LogP contribution in [0.1, 0.15) is 81.1 Å². The molecular formula is C22H42N4O4. The molecule has 0 aromatic rings. The second-order valence-electron chi connectivity index (χ2n) is 11.6. The smallest absolute Gasteiger partial charge is 0.317 e. The lowest BCUT2D eigenvalue weighted by Gasteiger charge is -2.53. The van der Waals surface area contributed by atoms with Crippen molar-refractivity contribution in [3.05, 3.63) is 0 Å². The third-order valence-corrected chi connectivity index (χ3v) is 6.73. The van der Waals surface area contributed by atoms with Gasteiger partial charge in [0.2, 0.25) is 0 Å². The van der Waals surface area contributed by atoms with Crippen molar-refractivity contribution in [2.24, 2.45) is 0 Å². The first-order chi connectivity index (χ1) is 13.5. The molecule has 8 heteroatoms. The van der Waals surface area contributed by atoms with E-state index in [0.29, 0.717) is 38.8 Å². The number of hydrogen-bond donors (Lipinski definition) is 1. The Morgan fingerprint density at radius 2 is 1.27 bits per heavy atom. The second kappa shape index (κ2) is 8.54. The first-order valence-corrected chi connectivity index (χ1v) is 11.0. The molecule has 174 valence electrons. The molecule has 0 atom stereocenters. The third-order valence-electron chi connectivity index (χ3n) is 6.73. The van der Waals surface area contributed by atoms with Gasteiger partial charge in [0.15, 0.2) is 0 Å². The summed E-state index contributed by atoms with van der Waals surface area (Å²) >= 11 is 0. The van der Waals surface area contributed by atoms with Crippen LogP contribution in [-0.4, -0.2) is 75.6 Å². The van der Waals surface area contributed by atoms with Crippen LogP contribution >= 0.6 is 0 Å². The number of rotatable bonds is 5. The second-order valence-corrected chi connectivity index (χ2v) is 11.6. The maximum atomic E-state index is 13.4. The predicted molar refractivity (Wildman–Crippen MR) is 115 cm³/mol. The topological polar surface area (TPSA) is 87.8 Å². The van der Waals surface area contributed by atoms with Gasteiger partial charge in [0.25, 0.3) is 0 Å². The van der Waals surface area contributed by atoms with Crippen LogP contribution in [0.5, 0.6) is 0 Å². The van der Waals surface area contributed by atoms with Gasteiger partial charge in [-0.15, -0.1) is 20.5 Å². The number of urea groups is 1. The van der Waals surface area contributed by atoms with Gasteiger partial charge in [-0.1, -0.05) is 0 Å². The average Bonchev–Trinajstić information content (AvgIpc) is 2.57. The fraction of sp³-hybridized carbons (Fsp3) is 0.955. The molecule has 0 aromatic carbocycles. The maximum Gasteiger partial charge on any atom is 0.317 e. The van der Waals surface area contributed by atoms with E-state index in [1.807, 2.05) is 60.3 Å². The predicted octanol–water partition coefficient (Wildman–Crippen LogP) is 3.38. The van der Waals surface area contributed by atoms with E-state index in [1.54, 1.807) is 7.11 Å². The average molecular weight is 427 g/mol. The highest BCUT2D eigenvalue weighted by atomic mass is 16.5. The first kappa shape index (κ1) is 25.3. The standard InChI is InChI=1S/C22H42N4O4/c1-19(2)12-16(13-20(3,4)25(19)28)23-18(27)24(10-11-30-9)17-14-21(5,6)26(29)22(7,8)15-17/h16-17H,10-15H2,1-9H3,(H,23,27). The fourth-order valence-corrected chi connectivity index (χ4v) is 5.69. The van der Waals surface area contributed by atoms with Crippen molar-refractivity contribution in [3.63, 3.8) is 0 Å². The van der Waals surface area contributed by atoms with Crippen molar-refractivity contribution < 1.29 is 19.9 Å². The molecule has 30 heavy (non-hydrogen) atoms. The normalized spacial score (nSPS) is 27.0. The highest BCUT2D eigenvalue weighted by Gasteiger charge is 2.50. The molecule has 2 amide bonds. The summed E-state index contributed by atoms with van der Waals surface area (Å²) in [6.07, 6.45) is 2.40. The molecule has 0 aromatic heterocycles. The summed E-state index contributed by atoms with van der Waals surface area (Å²) in [6, 6.07) is -0.284. The quantitative estimate of drug-likeness (QED) is 0.730. The van der Waals surface area contributed by atoms with E-state index in [-0.39, 0.29) is 18.1 Å². The van der Waals surface area contributed by atoms with Crippen LogP contribution in [0, 0.1) is 0 Å². The van der Waals surface area contributed by atoms with Crippen LogP contribution in [-0.2, 0) is 15.2 Å². The summed E-state index contributed by atoms with van der Waals surface area (Å²) in [7, 11) is 1.62. The number of hydroxylamine groups is 4. The molecule has 8 nitrogen and oxygen atoms in total. The fourth-order valence-electron chi connectivity index (χ4n) is 5.69. The summed E-state index contributed by atoms with van der Waals surface area (Å²) < 4.78 is 5.27. The van der Waals surface area contributed by atoms with E-state index in [9.17, 15) is 15.2 Å². The number of piperidine rings is 2. The van der Waals surface area contributed by atoms with Crippen molar-refractivity contribution in [2.75, 3.05) is 20.3 Å². The minimum Gasteiger partial charge on any atom is -0.383 e. The molecule has 1 N–H and O–H groups in total. The molecular weight excluding hydrogens is 384 g/mol. The van der Waals surface area contributed by atoms with Gasteiger partial charge < -0.3 is 15.0 Å². The Bertz CT molecular complexity index is 584. The molecule has 2 aliphatic rings. The zero-order chi connectivity index (χ0) is 23.1. The first-order valence-electron chi connectivity index (χ1n) is 11.0. The summed E-state index contributed by atoms with van der Waals surface area (Å²) in [5.74, 6) is 0. The zero-order valence-corrected chi connectivity index (χ0v) is 20.4. The van der Waals surface area contributed by atoms with Crippen molar-refractivity contribution >= 4 is 6.03 Å². The Labute approximate surface area is 182 Å². The van der Waals surface area contributed by atoms with Gasteiger partial charge in [-0.2, -0.15) is 0 Å². The number of hydrogen-bond acceptors (Lipinski definition) is 4. The molecule has 2 saturated heterocycles. The lowest BCUT2D eigenvalue weighted by Crippen LogP contribution is -2.66. The van der Waals surface area contributed by atoms with E-state index in [2.05, 4.69) is 5.32 Å². The van der Waals surface area contributed by atoms with Crippen LogP contribution in [0.2, 0.25) is 0 Å². The molecule has 0 spiro atoms. The Hall–Kier alpha value is -0.930. The maximum absolute atomic E-state index is 13.4. The number of nitrogens with one attached hydrogen (secondary N) is 1. The monoisotopic (exact) mass is 426 g/mol. The Kier molecular flexibility index (Phi) is 7.21. The van der Waals surface area contributed by atoms with E-state index in [0.717, 1.165) is 0 Å². The molecule has 0 unspecified atom stereocenters. The molecule has 0 bridgehead atoms. The van der Waals surface area contributed by atoms with Gasteiger partial charge in [0.1, 0.15) is 0 Å². The Morgan fingerprint density at radius 3 is 1.67 bits per heavy atom. The van der Waals surface area contributed by atoms with Gasteiger partial charge in [0, 0.05) is 47.9 Å². The third kappa shape index (κ3) is 5.27. The number of methoxy groups -OCH3 is 1. The molecule has 0 saturated carbocycles. The van der Waals surface area contributed by atoms with Crippen molar-refractivity contribution in [1.29, 1.82) is 0 Å². The summed E-state index contributed by atoms with van der Waals surface area (Å²) in [4.78, 5) is 15.2. The van der Waals surface area contributed by atoms with Crippen LogP contribution in [0.4, 0.5) is 4.79 Å². The molecule has 2 radical (unpaired) electrons. The molecule has 2 aliphatic heterocycles. The molecule has 2 heterocycles. The van der Waals surface area contributed by atoms with Crippen LogP contribution in [0.3, 0.4) is 0 Å². The van der Waals surface area contributed by atoms with E-state index < -0.39 is 22.2 Å². The van der Waals surface area contributed by atoms with Crippen molar-refractivity contribution in [3.8, 4) is 0 Å². The number of amides is 2. The molecule has 0 aliphatic carbocycles. The summed E-state index contributed by atoms with van der Waals surface area (Å²) in [5.41, 5.74) is -2.21. The number of nitrogens with zero attached hydrogens (tertiary/aromatic N) is 3. The van der Waals surface area contributed by atoms with Crippen molar-refractivity contribution in [2.45, 2.75) is 115 Å². The summed E-state index contributed by atoms with van der Waals surface area (Å²) in [6.45, 7) is 16.4. The number of carbonyl (C=O) groups excluding carboxylic acids is 1. The minimum atomic E-state index is -0.560.